The molecule has 0 atom stereocenters. The Morgan fingerprint density at radius 1 is 1.29 bits per heavy atom. The summed E-state index contributed by atoms with van der Waals surface area (Å²) in [5.74, 6) is 1.67. The Balaban J connectivity index is 2.01. The van der Waals surface area contributed by atoms with E-state index in [1.54, 1.807) is 0 Å². The van der Waals surface area contributed by atoms with Crippen LogP contribution in [-0.2, 0) is 16.9 Å². The molecule has 120 valence electrons. The fourth-order valence-electron chi connectivity index (χ4n) is 3.04. The Labute approximate surface area is 129 Å². The molecule has 4 heteroatoms. The molecule has 21 heavy (non-hydrogen) atoms. The summed E-state index contributed by atoms with van der Waals surface area (Å²) in [6.07, 6.45) is 6.40. The van der Waals surface area contributed by atoms with Crippen molar-refractivity contribution in [2.24, 2.45) is 11.3 Å². The van der Waals surface area contributed by atoms with Gasteiger partial charge in [-0.3, -0.25) is 0 Å². The van der Waals surface area contributed by atoms with Crippen molar-refractivity contribution in [1.29, 1.82) is 0 Å². The number of rotatable bonds is 6. The van der Waals surface area contributed by atoms with Gasteiger partial charge in [0.25, 0.3) is 0 Å². The summed E-state index contributed by atoms with van der Waals surface area (Å²) >= 11 is 0. The van der Waals surface area contributed by atoms with E-state index in [0.29, 0.717) is 11.3 Å². The lowest BCUT2D eigenvalue weighted by atomic mass is 9.70. The molecule has 1 aromatic heterocycles. The minimum absolute atomic E-state index is 0.216. The van der Waals surface area contributed by atoms with Crippen LogP contribution >= 0.6 is 0 Å². The quantitative estimate of drug-likeness (QED) is 0.842. The SMILES string of the molecule is COC1(c2ncc(CNCC(C)C)[nH]2)CCC(C)(C)CC1. The summed E-state index contributed by atoms with van der Waals surface area (Å²) in [4.78, 5) is 8.08. The van der Waals surface area contributed by atoms with Crippen LogP contribution in [0.2, 0.25) is 0 Å². The van der Waals surface area contributed by atoms with Gasteiger partial charge in [0.15, 0.2) is 0 Å². The molecule has 0 bridgehead atoms. The third-order valence-corrected chi connectivity index (χ3v) is 4.73. The predicted molar refractivity (Wildman–Crippen MR) is 86.1 cm³/mol. The number of nitrogens with one attached hydrogen (secondary N) is 2. The highest BCUT2D eigenvalue weighted by atomic mass is 16.5. The van der Waals surface area contributed by atoms with Crippen LogP contribution in [0.1, 0.15) is 64.9 Å². The summed E-state index contributed by atoms with van der Waals surface area (Å²) < 4.78 is 5.90. The lowest BCUT2D eigenvalue weighted by Crippen LogP contribution is -2.37. The number of ether oxygens (including phenoxy) is 1. The van der Waals surface area contributed by atoms with Crippen molar-refractivity contribution < 1.29 is 4.74 Å². The molecule has 0 aliphatic heterocycles. The first-order valence-electron chi connectivity index (χ1n) is 8.17. The first-order valence-corrected chi connectivity index (χ1v) is 8.17. The molecule has 0 amide bonds. The molecule has 2 N–H and O–H groups in total. The molecule has 0 saturated heterocycles. The topological polar surface area (TPSA) is 49.9 Å². The van der Waals surface area contributed by atoms with Crippen LogP contribution in [0.4, 0.5) is 0 Å². The summed E-state index contributed by atoms with van der Waals surface area (Å²) in [5, 5.41) is 3.45. The van der Waals surface area contributed by atoms with Crippen molar-refractivity contribution in [2.75, 3.05) is 13.7 Å². The van der Waals surface area contributed by atoms with Crippen LogP contribution in [0.3, 0.4) is 0 Å². The third kappa shape index (κ3) is 4.07. The van der Waals surface area contributed by atoms with Crippen molar-refractivity contribution in [3.8, 4) is 0 Å². The minimum Gasteiger partial charge on any atom is -0.370 e. The molecular weight excluding hydrogens is 262 g/mol. The molecule has 0 spiro atoms. The Morgan fingerprint density at radius 2 is 1.95 bits per heavy atom. The predicted octanol–water partition coefficient (Wildman–Crippen LogP) is 3.60. The molecule has 1 aliphatic rings. The first-order chi connectivity index (χ1) is 9.87. The number of hydrogen-bond acceptors (Lipinski definition) is 3. The van der Waals surface area contributed by atoms with Crippen LogP contribution in [0, 0.1) is 11.3 Å². The van der Waals surface area contributed by atoms with Gasteiger partial charge < -0.3 is 15.0 Å². The normalized spacial score (nSPS) is 20.9. The van der Waals surface area contributed by atoms with E-state index in [9.17, 15) is 0 Å². The summed E-state index contributed by atoms with van der Waals surface area (Å²) in [6.45, 7) is 11.0. The maximum atomic E-state index is 5.90. The van der Waals surface area contributed by atoms with Crippen LogP contribution in [0.5, 0.6) is 0 Å². The molecule has 1 saturated carbocycles. The van der Waals surface area contributed by atoms with E-state index in [2.05, 4.69) is 43.0 Å². The molecule has 0 unspecified atom stereocenters. The molecule has 0 aromatic carbocycles. The summed E-state index contributed by atoms with van der Waals surface area (Å²) in [7, 11) is 1.82. The number of aromatic nitrogens is 2. The number of H-pyrrole nitrogens is 1. The van der Waals surface area contributed by atoms with Gasteiger partial charge in [0.05, 0.1) is 0 Å². The highest BCUT2D eigenvalue weighted by Gasteiger charge is 2.41. The lowest BCUT2D eigenvalue weighted by molar-refractivity contribution is -0.0724. The van der Waals surface area contributed by atoms with E-state index in [4.69, 9.17) is 4.74 Å². The molecule has 1 aromatic rings. The van der Waals surface area contributed by atoms with Gasteiger partial charge in [0.1, 0.15) is 11.4 Å². The van der Waals surface area contributed by atoms with Gasteiger partial charge in [-0.2, -0.15) is 0 Å². The molecule has 1 aliphatic carbocycles. The highest BCUT2D eigenvalue weighted by Crippen LogP contribution is 2.46. The smallest absolute Gasteiger partial charge is 0.138 e. The van der Waals surface area contributed by atoms with Crippen LogP contribution in [0.15, 0.2) is 6.20 Å². The Kier molecular flexibility index (Phi) is 5.10. The third-order valence-electron chi connectivity index (χ3n) is 4.73. The average Bonchev–Trinajstić information content (AvgIpc) is 2.88. The van der Waals surface area contributed by atoms with Crippen molar-refractivity contribution in [3.05, 3.63) is 17.7 Å². The van der Waals surface area contributed by atoms with E-state index in [1.807, 2.05) is 13.3 Å². The van der Waals surface area contributed by atoms with Crippen molar-refractivity contribution in [1.82, 2.24) is 15.3 Å². The zero-order valence-electron chi connectivity index (χ0n) is 14.3. The van der Waals surface area contributed by atoms with Gasteiger partial charge in [0, 0.05) is 25.5 Å². The maximum Gasteiger partial charge on any atom is 0.138 e. The summed E-state index contributed by atoms with van der Waals surface area (Å²) in [6, 6.07) is 0. The standard InChI is InChI=1S/C17H31N3O/c1-13(2)10-18-11-14-12-19-15(20-14)17(21-5)8-6-16(3,4)7-9-17/h12-13,18H,6-11H2,1-5H3,(H,19,20). The Bertz CT molecular complexity index is 441. The van der Waals surface area contributed by atoms with Gasteiger partial charge in [-0.25, -0.2) is 4.98 Å². The number of nitrogens with zero attached hydrogens (tertiary/aromatic N) is 1. The minimum atomic E-state index is -0.216. The Hall–Kier alpha value is -0.870. The largest absolute Gasteiger partial charge is 0.370 e. The zero-order chi connectivity index (χ0) is 15.5. The molecule has 2 rings (SSSR count). The second-order valence-electron chi connectivity index (χ2n) is 7.64. The molecule has 4 nitrogen and oxygen atoms in total. The second-order valence-corrected chi connectivity index (χ2v) is 7.64. The van der Waals surface area contributed by atoms with Crippen LogP contribution in [-0.4, -0.2) is 23.6 Å². The van der Waals surface area contributed by atoms with Crippen LogP contribution in [0.25, 0.3) is 0 Å². The highest BCUT2D eigenvalue weighted by molar-refractivity contribution is 5.11. The number of imidazole rings is 1. The van der Waals surface area contributed by atoms with E-state index in [-0.39, 0.29) is 5.60 Å². The Morgan fingerprint density at radius 3 is 2.52 bits per heavy atom. The molecule has 1 heterocycles. The number of hydrogen-bond donors (Lipinski definition) is 2. The summed E-state index contributed by atoms with van der Waals surface area (Å²) in [5.41, 5.74) is 1.36. The zero-order valence-corrected chi connectivity index (χ0v) is 14.3. The van der Waals surface area contributed by atoms with Crippen molar-refractivity contribution in [2.45, 2.75) is 65.5 Å². The van der Waals surface area contributed by atoms with E-state index < -0.39 is 0 Å². The van der Waals surface area contributed by atoms with Crippen molar-refractivity contribution >= 4 is 0 Å². The lowest BCUT2D eigenvalue weighted by Gasteiger charge is -2.41. The second kappa shape index (κ2) is 6.49. The van der Waals surface area contributed by atoms with Gasteiger partial charge in [-0.05, 0) is 43.6 Å². The monoisotopic (exact) mass is 293 g/mol. The van der Waals surface area contributed by atoms with E-state index >= 15 is 0 Å². The van der Waals surface area contributed by atoms with E-state index in [0.717, 1.165) is 37.4 Å². The van der Waals surface area contributed by atoms with Crippen LogP contribution < -0.4 is 5.32 Å². The van der Waals surface area contributed by atoms with Gasteiger partial charge >= 0.3 is 0 Å². The van der Waals surface area contributed by atoms with Gasteiger partial charge in [-0.1, -0.05) is 27.7 Å². The number of aromatic amines is 1. The first kappa shape index (κ1) is 16.5. The van der Waals surface area contributed by atoms with Crippen molar-refractivity contribution in [3.63, 3.8) is 0 Å². The maximum absolute atomic E-state index is 5.90. The van der Waals surface area contributed by atoms with Gasteiger partial charge in [-0.15, -0.1) is 0 Å². The van der Waals surface area contributed by atoms with Gasteiger partial charge in [0.2, 0.25) is 0 Å². The average molecular weight is 293 g/mol. The molecular formula is C17H31N3O. The van der Waals surface area contributed by atoms with E-state index in [1.165, 1.54) is 12.8 Å². The fourth-order valence-corrected chi connectivity index (χ4v) is 3.04. The number of methoxy groups -OCH3 is 1. The molecule has 1 fully saturated rings. The molecule has 0 radical (unpaired) electrons. The fraction of sp³-hybridized carbons (Fsp3) is 0.824.